The Bertz CT molecular complexity index is 1330. The predicted octanol–water partition coefficient (Wildman–Crippen LogP) is 4.09. The molecule has 10 heteroatoms. The number of nitro groups is 1. The first-order valence-corrected chi connectivity index (χ1v) is 10.2. The van der Waals surface area contributed by atoms with Crippen molar-refractivity contribution in [1.29, 1.82) is 0 Å². The number of carbonyl (C=O) groups excluding carboxylic acids is 1. The molecule has 168 valence electrons. The monoisotopic (exact) mass is 448 g/mol. The average molecular weight is 448 g/mol. The highest BCUT2D eigenvalue weighted by atomic mass is 19.1. The lowest BCUT2D eigenvalue weighted by molar-refractivity contribution is -0.386. The zero-order valence-electron chi connectivity index (χ0n) is 18.0. The Hall–Kier alpha value is -4.34. The Morgan fingerprint density at radius 3 is 2.48 bits per heavy atom. The molecule has 9 nitrogen and oxygen atoms in total. The van der Waals surface area contributed by atoms with Gasteiger partial charge in [-0.2, -0.15) is 10.2 Å². The van der Waals surface area contributed by atoms with E-state index in [4.69, 9.17) is 0 Å². The van der Waals surface area contributed by atoms with Crippen LogP contribution in [0.4, 0.5) is 15.9 Å². The summed E-state index contributed by atoms with van der Waals surface area (Å²) >= 11 is 0. The summed E-state index contributed by atoms with van der Waals surface area (Å²) in [6.07, 6.45) is 1.71. The smallest absolute Gasteiger partial charge is 0.305 e. The van der Waals surface area contributed by atoms with Crippen LogP contribution in [-0.4, -0.2) is 30.4 Å². The van der Waals surface area contributed by atoms with Crippen LogP contribution in [0.25, 0.3) is 0 Å². The molecular formula is C23H21FN6O3. The van der Waals surface area contributed by atoms with Crippen molar-refractivity contribution >= 4 is 17.4 Å². The molecule has 1 amide bonds. The standard InChI is InChI=1S/C23H21FN6O3/c1-15-22(30(32)33)16(2)29(26-15)14-17-6-8-19(9-7-17)23(31)25-21-10-11-28(27-21)13-18-4-3-5-20(24)12-18/h3-12H,13-14H2,1-2H3,(H,25,27,31). The van der Waals surface area contributed by atoms with Crippen LogP contribution in [0.3, 0.4) is 0 Å². The molecule has 0 radical (unpaired) electrons. The fourth-order valence-corrected chi connectivity index (χ4v) is 3.57. The van der Waals surface area contributed by atoms with Crippen LogP contribution in [0.2, 0.25) is 0 Å². The summed E-state index contributed by atoms with van der Waals surface area (Å²) in [5, 5.41) is 22.5. The third-order valence-corrected chi connectivity index (χ3v) is 5.19. The Morgan fingerprint density at radius 2 is 1.82 bits per heavy atom. The second kappa shape index (κ2) is 9.03. The summed E-state index contributed by atoms with van der Waals surface area (Å²) in [5.74, 6) is -0.248. The maximum Gasteiger partial charge on any atom is 0.312 e. The van der Waals surface area contributed by atoms with Gasteiger partial charge < -0.3 is 5.32 Å². The highest BCUT2D eigenvalue weighted by molar-refractivity contribution is 6.03. The van der Waals surface area contributed by atoms with Crippen molar-refractivity contribution in [3.05, 3.63) is 105 Å². The van der Waals surface area contributed by atoms with E-state index in [1.807, 2.05) is 0 Å². The minimum atomic E-state index is -0.430. The summed E-state index contributed by atoms with van der Waals surface area (Å²) in [6, 6.07) is 14.8. The number of nitrogens with zero attached hydrogens (tertiary/aromatic N) is 5. The molecule has 0 aliphatic rings. The van der Waals surface area contributed by atoms with Crippen LogP contribution < -0.4 is 5.32 Å². The van der Waals surface area contributed by atoms with E-state index in [-0.39, 0.29) is 17.4 Å². The number of anilines is 1. The van der Waals surface area contributed by atoms with Crippen molar-refractivity contribution in [2.45, 2.75) is 26.9 Å². The first-order chi connectivity index (χ1) is 15.8. The molecule has 2 aromatic heterocycles. The molecule has 2 heterocycles. The van der Waals surface area contributed by atoms with Crippen molar-refractivity contribution < 1.29 is 14.1 Å². The van der Waals surface area contributed by atoms with E-state index in [2.05, 4.69) is 15.5 Å². The maximum absolute atomic E-state index is 13.3. The topological polar surface area (TPSA) is 108 Å². The van der Waals surface area contributed by atoms with Gasteiger partial charge in [-0.15, -0.1) is 0 Å². The van der Waals surface area contributed by atoms with Crippen LogP contribution in [0.15, 0.2) is 60.8 Å². The number of benzene rings is 2. The van der Waals surface area contributed by atoms with E-state index in [0.717, 1.165) is 11.1 Å². The fraction of sp³-hybridized carbons (Fsp3) is 0.174. The molecule has 0 bridgehead atoms. The number of rotatable bonds is 7. The highest BCUT2D eigenvalue weighted by Crippen LogP contribution is 2.22. The van der Waals surface area contributed by atoms with Gasteiger partial charge in [0.1, 0.15) is 17.2 Å². The van der Waals surface area contributed by atoms with Crippen LogP contribution in [-0.2, 0) is 13.1 Å². The van der Waals surface area contributed by atoms with Crippen LogP contribution in [0.5, 0.6) is 0 Å². The van der Waals surface area contributed by atoms with Crippen molar-refractivity contribution in [2.24, 2.45) is 0 Å². The van der Waals surface area contributed by atoms with Crippen LogP contribution in [0.1, 0.15) is 32.9 Å². The molecule has 0 fully saturated rings. The van der Waals surface area contributed by atoms with Gasteiger partial charge in [0, 0.05) is 17.8 Å². The highest BCUT2D eigenvalue weighted by Gasteiger charge is 2.21. The predicted molar refractivity (Wildman–Crippen MR) is 120 cm³/mol. The third-order valence-electron chi connectivity index (χ3n) is 5.19. The first-order valence-electron chi connectivity index (χ1n) is 10.2. The summed E-state index contributed by atoms with van der Waals surface area (Å²) in [6.45, 7) is 4.00. The quantitative estimate of drug-likeness (QED) is 0.338. The summed E-state index contributed by atoms with van der Waals surface area (Å²) < 4.78 is 16.5. The minimum absolute atomic E-state index is 0.0165. The average Bonchev–Trinajstić information content (AvgIpc) is 3.31. The molecule has 4 rings (SSSR count). The number of hydrogen-bond acceptors (Lipinski definition) is 5. The number of aryl methyl sites for hydroxylation is 1. The van der Waals surface area contributed by atoms with E-state index in [9.17, 15) is 19.3 Å². The zero-order chi connectivity index (χ0) is 23.5. The van der Waals surface area contributed by atoms with Gasteiger partial charge in [-0.3, -0.25) is 24.3 Å². The fourth-order valence-electron chi connectivity index (χ4n) is 3.57. The van der Waals surface area contributed by atoms with Gasteiger partial charge in [0.2, 0.25) is 0 Å². The maximum atomic E-state index is 13.3. The molecule has 0 aliphatic heterocycles. The number of nitrogens with one attached hydrogen (secondary N) is 1. The lowest BCUT2D eigenvalue weighted by Gasteiger charge is -2.06. The summed E-state index contributed by atoms with van der Waals surface area (Å²) in [5.41, 5.74) is 2.92. The van der Waals surface area contributed by atoms with Gasteiger partial charge in [-0.05, 0) is 49.2 Å². The van der Waals surface area contributed by atoms with E-state index in [1.165, 1.54) is 12.1 Å². The Balaban J connectivity index is 1.39. The van der Waals surface area contributed by atoms with Gasteiger partial charge >= 0.3 is 5.69 Å². The van der Waals surface area contributed by atoms with Gasteiger partial charge in [0.05, 0.1) is 18.0 Å². The number of aromatic nitrogens is 4. The minimum Gasteiger partial charge on any atom is -0.305 e. The molecule has 0 unspecified atom stereocenters. The molecule has 0 atom stereocenters. The molecular weight excluding hydrogens is 427 g/mol. The first kappa shape index (κ1) is 21.9. The van der Waals surface area contributed by atoms with E-state index < -0.39 is 4.92 Å². The molecule has 0 aliphatic carbocycles. The van der Waals surface area contributed by atoms with Crippen molar-refractivity contribution in [3.63, 3.8) is 0 Å². The molecule has 33 heavy (non-hydrogen) atoms. The molecule has 0 saturated carbocycles. The van der Waals surface area contributed by atoms with Crippen molar-refractivity contribution in [3.8, 4) is 0 Å². The zero-order valence-corrected chi connectivity index (χ0v) is 18.0. The van der Waals surface area contributed by atoms with E-state index >= 15 is 0 Å². The van der Waals surface area contributed by atoms with Crippen LogP contribution >= 0.6 is 0 Å². The van der Waals surface area contributed by atoms with E-state index in [1.54, 1.807) is 71.9 Å². The number of amides is 1. The SMILES string of the molecule is Cc1nn(Cc2ccc(C(=O)Nc3ccn(Cc4cccc(F)c4)n3)cc2)c(C)c1[N+](=O)[O-]. The van der Waals surface area contributed by atoms with Gasteiger partial charge in [0.15, 0.2) is 5.82 Å². The van der Waals surface area contributed by atoms with Gasteiger partial charge in [-0.25, -0.2) is 4.39 Å². The van der Waals surface area contributed by atoms with Crippen molar-refractivity contribution in [2.75, 3.05) is 5.32 Å². The summed E-state index contributed by atoms with van der Waals surface area (Å²) in [4.78, 5) is 23.3. The normalized spacial score (nSPS) is 10.9. The van der Waals surface area contributed by atoms with Crippen LogP contribution in [0, 0.1) is 29.8 Å². The molecule has 0 saturated heterocycles. The van der Waals surface area contributed by atoms with Gasteiger partial charge in [0.25, 0.3) is 5.91 Å². The number of halogens is 1. The Morgan fingerprint density at radius 1 is 1.06 bits per heavy atom. The molecule has 0 spiro atoms. The second-order valence-corrected chi connectivity index (χ2v) is 7.61. The molecule has 4 aromatic rings. The summed E-state index contributed by atoms with van der Waals surface area (Å²) in [7, 11) is 0. The second-order valence-electron chi connectivity index (χ2n) is 7.61. The van der Waals surface area contributed by atoms with E-state index in [0.29, 0.717) is 35.9 Å². The molecule has 2 aromatic carbocycles. The lowest BCUT2D eigenvalue weighted by Crippen LogP contribution is -2.13. The Kier molecular flexibility index (Phi) is 5.99. The third kappa shape index (κ3) is 4.95. The van der Waals surface area contributed by atoms with Crippen molar-refractivity contribution in [1.82, 2.24) is 19.6 Å². The largest absolute Gasteiger partial charge is 0.312 e. The number of carbonyl (C=O) groups is 1. The lowest BCUT2D eigenvalue weighted by atomic mass is 10.1. The van der Waals surface area contributed by atoms with Gasteiger partial charge in [-0.1, -0.05) is 24.3 Å². The Labute approximate surface area is 188 Å². The number of hydrogen-bond donors (Lipinski definition) is 1. The molecule has 1 N–H and O–H groups in total.